The molecule has 1 saturated heterocycles. The molecule has 0 saturated carbocycles. The number of fused-ring (bicyclic) bond motifs is 2. The number of allylic oxidation sites excluding steroid dienone is 2. The van der Waals surface area contributed by atoms with Crippen molar-refractivity contribution >= 4 is 23.8 Å². The van der Waals surface area contributed by atoms with Gasteiger partial charge in [-0.2, -0.15) is 0 Å². The molecule has 1 N–H and O–H groups in total. The van der Waals surface area contributed by atoms with Gasteiger partial charge in [0.15, 0.2) is 18.0 Å². The number of hydrogen-bond donors (Lipinski definition) is 1. The Kier molecular flexibility index (Phi) is 2.67. The summed E-state index contributed by atoms with van der Waals surface area (Å²) in [5, 5.41) is 0. The highest BCUT2D eigenvalue weighted by Crippen LogP contribution is 2.33. The van der Waals surface area contributed by atoms with Crippen LogP contribution in [-0.4, -0.2) is 29.1 Å². The zero-order valence-electron chi connectivity index (χ0n) is 11.6. The molecule has 3 amide bonds. The normalized spacial score (nSPS) is 24.5. The van der Waals surface area contributed by atoms with Crippen LogP contribution in [0.5, 0.6) is 0 Å². The Morgan fingerprint density at radius 1 is 1.05 bits per heavy atom. The van der Waals surface area contributed by atoms with Crippen LogP contribution in [0.15, 0.2) is 41.7 Å². The number of amides is 3. The van der Waals surface area contributed by atoms with Gasteiger partial charge in [0.2, 0.25) is 0 Å². The lowest BCUT2D eigenvalue weighted by molar-refractivity contribution is -0.404. The first kappa shape index (κ1) is 12.3. The van der Waals surface area contributed by atoms with Crippen molar-refractivity contribution in [2.75, 3.05) is 4.90 Å². The molecule has 1 aliphatic carbocycles. The summed E-state index contributed by atoms with van der Waals surface area (Å²) in [6.45, 7) is 0. The summed E-state index contributed by atoms with van der Waals surface area (Å²) in [5.74, 6) is -0.184. The smallest absolute Gasteiger partial charge is 0.271 e. The van der Waals surface area contributed by atoms with E-state index in [1.54, 1.807) is 23.2 Å². The van der Waals surface area contributed by atoms with Crippen LogP contribution in [-0.2, 0) is 4.79 Å². The van der Waals surface area contributed by atoms with E-state index in [1.165, 1.54) is 4.90 Å². The molecule has 1 atom stereocenters. The zero-order valence-corrected chi connectivity index (χ0v) is 11.6. The number of carbonyl (C=O) groups is 2. The van der Waals surface area contributed by atoms with E-state index in [0.717, 1.165) is 37.1 Å². The molecule has 2 aliphatic heterocycles. The number of benzene rings is 1. The first-order chi connectivity index (χ1) is 10.3. The van der Waals surface area contributed by atoms with Crippen molar-refractivity contribution in [3.05, 3.63) is 41.7 Å². The molecule has 0 bridgehead atoms. The van der Waals surface area contributed by atoms with Crippen LogP contribution in [0, 0.1) is 0 Å². The molecule has 21 heavy (non-hydrogen) atoms. The largest absolute Gasteiger partial charge is 0.337 e. The topological polar surface area (TPSA) is 54.6 Å². The third kappa shape index (κ3) is 1.73. The molecule has 0 aromatic heterocycles. The first-order valence-corrected chi connectivity index (χ1v) is 7.31. The predicted octanol–water partition coefficient (Wildman–Crippen LogP) is 0.774. The molecule has 5 nitrogen and oxygen atoms in total. The van der Waals surface area contributed by atoms with E-state index in [9.17, 15) is 9.59 Å². The van der Waals surface area contributed by atoms with Crippen LogP contribution in [0.25, 0.3) is 0 Å². The van der Waals surface area contributed by atoms with Gasteiger partial charge in [-0.05, 0) is 31.4 Å². The van der Waals surface area contributed by atoms with Crippen molar-refractivity contribution < 1.29 is 14.6 Å². The predicted molar refractivity (Wildman–Crippen MR) is 77.5 cm³/mol. The number of para-hydroxylation sites is 1. The molecule has 2 heterocycles. The first-order valence-electron chi connectivity index (χ1n) is 7.31. The summed E-state index contributed by atoms with van der Waals surface area (Å²) in [6, 6.07) is 8.37. The fourth-order valence-corrected chi connectivity index (χ4v) is 3.30. The number of rotatable bonds is 1. The maximum absolute atomic E-state index is 12.8. The van der Waals surface area contributed by atoms with E-state index < -0.39 is 6.04 Å². The highest BCUT2D eigenvalue weighted by atomic mass is 16.2. The molecule has 1 aromatic rings. The number of anilines is 1. The van der Waals surface area contributed by atoms with E-state index >= 15 is 0 Å². The summed E-state index contributed by atoms with van der Waals surface area (Å²) in [6.07, 6.45) is 5.74. The Morgan fingerprint density at radius 3 is 2.62 bits per heavy atom. The molecule has 0 radical (unpaired) electrons. The minimum absolute atomic E-state index is 0.184. The van der Waals surface area contributed by atoms with Crippen LogP contribution >= 0.6 is 0 Å². The lowest BCUT2D eigenvalue weighted by atomic mass is 9.98. The van der Waals surface area contributed by atoms with E-state index in [0.29, 0.717) is 5.69 Å². The van der Waals surface area contributed by atoms with Crippen molar-refractivity contribution in [3.63, 3.8) is 0 Å². The van der Waals surface area contributed by atoms with Gasteiger partial charge < -0.3 is 0 Å². The Morgan fingerprint density at radius 2 is 1.81 bits per heavy atom. The van der Waals surface area contributed by atoms with Gasteiger partial charge in [0, 0.05) is 6.42 Å². The monoisotopic (exact) mass is 282 g/mol. The van der Waals surface area contributed by atoms with Crippen molar-refractivity contribution in [2.45, 2.75) is 31.7 Å². The molecular formula is C16H16N3O2+. The molecule has 3 aliphatic rings. The Hall–Kier alpha value is -2.43. The van der Waals surface area contributed by atoms with E-state index in [4.69, 9.17) is 0 Å². The summed E-state index contributed by atoms with van der Waals surface area (Å²) in [4.78, 5) is 31.5. The molecule has 0 spiro atoms. The van der Waals surface area contributed by atoms with Crippen LogP contribution < -0.4 is 9.89 Å². The van der Waals surface area contributed by atoms with Gasteiger partial charge in [-0.3, -0.25) is 9.69 Å². The van der Waals surface area contributed by atoms with Crippen molar-refractivity contribution in [3.8, 4) is 0 Å². The second-order valence-corrected chi connectivity index (χ2v) is 5.55. The zero-order chi connectivity index (χ0) is 14.4. The van der Waals surface area contributed by atoms with Crippen LogP contribution in [0.2, 0.25) is 0 Å². The fourth-order valence-electron chi connectivity index (χ4n) is 3.30. The fraction of sp³-hybridized carbons (Fsp3) is 0.312. The second-order valence-electron chi connectivity index (χ2n) is 5.55. The number of nitrogens with one attached hydrogen (secondary N) is 1. The number of urea groups is 1. The number of carbonyl (C=O) groups excluding carboxylic acids is 2. The summed E-state index contributed by atoms with van der Waals surface area (Å²) < 4.78 is 0. The number of nitrogens with zero attached hydrogens (tertiary/aromatic N) is 2. The van der Waals surface area contributed by atoms with E-state index in [1.807, 2.05) is 18.2 Å². The number of imide groups is 1. The molecular weight excluding hydrogens is 266 g/mol. The molecule has 106 valence electrons. The van der Waals surface area contributed by atoms with Crippen molar-refractivity contribution in [1.29, 1.82) is 0 Å². The van der Waals surface area contributed by atoms with Crippen molar-refractivity contribution in [1.82, 2.24) is 4.90 Å². The second kappa shape index (κ2) is 4.55. The third-order valence-corrected chi connectivity index (χ3v) is 4.31. The van der Waals surface area contributed by atoms with Gasteiger partial charge in [0.1, 0.15) is 0 Å². The lowest BCUT2D eigenvalue weighted by Gasteiger charge is -2.26. The molecule has 1 unspecified atom stereocenters. The van der Waals surface area contributed by atoms with Gasteiger partial charge >= 0.3 is 6.03 Å². The maximum Gasteiger partial charge on any atom is 0.337 e. The standard InChI is InChI=1S/C16H15N3O2/c20-15-14-10-17-12-8-4-5-9-13(12)19(14)16(21)18(15)11-6-2-1-3-7-11/h1-3,6-7,10,14H,4-5,8-9H2/p+1. The Bertz CT molecular complexity index is 678. The van der Waals surface area contributed by atoms with Gasteiger partial charge in [-0.1, -0.05) is 18.2 Å². The Balaban J connectivity index is 1.77. The lowest BCUT2D eigenvalue weighted by Crippen LogP contribution is -2.74. The summed E-state index contributed by atoms with van der Waals surface area (Å²) >= 11 is 0. The molecule has 1 aromatic carbocycles. The minimum Gasteiger partial charge on any atom is -0.271 e. The van der Waals surface area contributed by atoms with Crippen LogP contribution in [0.4, 0.5) is 10.5 Å². The SMILES string of the molecule is O=C1C2C=[NH+]C3=C(CCCC3)N2C(=O)N1c1ccccc1. The van der Waals surface area contributed by atoms with Gasteiger partial charge in [-0.25, -0.2) is 14.7 Å². The molecule has 1 fully saturated rings. The molecule has 4 rings (SSSR count). The number of hydrogen-bond acceptors (Lipinski definition) is 2. The molecule has 5 heteroatoms. The minimum atomic E-state index is -0.519. The summed E-state index contributed by atoms with van der Waals surface area (Å²) in [7, 11) is 0. The Labute approximate surface area is 122 Å². The average molecular weight is 282 g/mol. The van der Waals surface area contributed by atoms with Gasteiger partial charge in [-0.15, -0.1) is 0 Å². The van der Waals surface area contributed by atoms with Gasteiger partial charge in [0.05, 0.1) is 11.4 Å². The quantitative estimate of drug-likeness (QED) is 0.774. The van der Waals surface area contributed by atoms with Crippen LogP contribution in [0.1, 0.15) is 25.7 Å². The highest BCUT2D eigenvalue weighted by Gasteiger charge is 2.51. The maximum atomic E-state index is 12.8. The van der Waals surface area contributed by atoms with Crippen LogP contribution in [0.3, 0.4) is 0 Å². The third-order valence-electron chi connectivity index (χ3n) is 4.31. The van der Waals surface area contributed by atoms with Gasteiger partial charge in [0.25, 0.3) is 5.91 Å². The van der Waals surface area contributed by atoms with E-state index in [-0.39, 0.29) is 11.9 Å². The average Bonchev–Trinajstić information content (AvgIpc) is 2.80. The highest BCUT2D eigenvalue weighted by molar-refractivity contribution is 6.26. The van der Waals surface area contributed by atoms with E-state index in [2.05, 4.69) is 4.99 Å². The summed E-state index contributed by atoms with van der Waals surface area (Å²) in [5.41, 5.74) is 2.72. The van der Waals surface area contributed by atoms with Crippen molar-refractivity contribution in [2.24, 2.45) is 0 Å².